The Morgan fingerprint density at radius 3 is 2.61 bits per heavy atom. The minimum atomic E-state index is -0.690. The Morgan fingerprint density at radius 2 is 1.93 bits per heavy atom. The topological polar surface area (TPSA) is 116 Å². The van der Waals surface area contributed by atoms with Crippen LogP contribution in [0.2, 0.25) is 0 Å². The number of nitrogens with one attached hydrogen (secondary N) is 2. The first kappa shape index (κ1) is 19.4. The molecule has 9 nitrogen and oxygen atoms in total. The summed E-state index contributed by atoms with van der Waals surface area (Å²) in [5.74, 6) is -1.32. The highest BCUT2D eigenvalue weighted by Gasteiger charge is 2.16. The number of amides is 2. The molecule has 1 saturated heterocycles. The molecular formula is C19H20N2O7. The Balaban J connectivity index is 1.37. The van der Waals surface area contributed by atoms with Gasteiger partial charge in [0.15, 0.2) is 12.4 Å². The van der Waals surface area contributed by atoms with Gasteiger partial charge in [0.2, 0.25) is 0 Å². The standard InChI is InChI=1S/C19H20N2O7/c22-17(20-21-18(23)16-4-2-10-26-16)12-28-19(24)13-5-7-14(8-6-13)27-11-15-3-1-9-25-15/h2,4-8,10,15H,1,3,9,11-12H2,(H,20,22)(H,21,23)/t15-/m1/s1. The van der Waals surface area contributed by atoms with E-state index >= 15 is 0 Å². The molecule has 28 heavy (non-hydrogen) atoms. The molecule has 1 atom stereocenters. The summed E-state index contributed by atoms with van der Waals surface area (Å²) in [7, 11) is 0. The van der Waals surface area contributed by atoms with Crippen molar-refractivity contribution >= 4 is 17.8 Å². The molecule has 0 spiro atoms. The normalized spacial score (nSPS) is 15.6. The molecule has 2 amide bonds. The number of esters is 1. The number of furan rings is 1. The molecule has 1 fully saturated rings. The maximum absolute atomic E-state index is 12.0. The number of ether oxygens (including phenoxy) is 3. The number of carbonyl (C=O) groups excluding carboxylic acids is 3. The number of benzene rings is 1. The average molecular weight is 388 g/mol. The molecule has 2 heterocycles. The summed E-state index contributed by atoms with van der Waals surface area (Å²) in [6, 6.07) is 9.37. The van der Waals surface area contributed by atoms with E-state index in [2.05, 4.69) is 10.9 Å². The molecular weight excluding hydrogens is 368 g/mol. The fraction of sp³-hybridized carbons (Fsp3) is 0.316. The second-order valence-corrected chi connectivity index (χ2v) is 6.03. The second-order valence-electron chi connectivity index (χ2n) is 6.03. The Bertz CT molecular complexity index is 796. The molecule has 148 valence electrons. The number of carbonyl (C=O) groups is 3. The molecule has 2 N–H and O–H groups in total. The number of hydrogen-bond donors (Lipinski definition) is 2. The van der Waals surface area contributed by atoms with Crippen molar-refractivity contribution in [3.63, 3.8) is 0 Å². The molecule has 1 aromatic heterocycles. The Labute approximate surface area is 160 Å². The first-order valence-corrected chi connectivity index (χ1v) is 8.76. The van der Waals surface area contributed by atoms with E-state index in [1.54, 1.807) is 24.3 Å². The number of rotatable bonds is 7. The van der Waals surface area contributed by atoms with Crippen molar-refractivity contribution in [1.29, 1.82) is 0 Å². The minimum Gasteiger partial charge on any atom is -0.491 e. The highest BCUT2D eigenvalue weighted by molar-refractivity contribution is 5.94. The van der Waals surface area contributed by atoms with E-state index in [9.17, 15) is 14.4 Å². The molecule has 0 bridgehead atoms. The van der Waals surface area contributed by atoms with Crippen LogP contribution in [0.15, 0.2) is 47.1 Å². The molecule has 3 rings (SSSR count). The van der Waals surface area contributed by atoms with Crippen molar-refractivity contribution in [1.82, 2.24) is 10.9 Å². The predicted molar refractivity (Wildman–Crippen MR) is 95.5 cm³/mol. The van der Waals surface area contributed by atoms with Crippen LogP contribution in [0.1, 0.15) is 33.8 Å². The van der Waals surface area contributed by atoms with Gasteiger partial charge in [-0.2, -0.15) is 0 Å². The number of hydrazine groups is 1. The fourth-order valence-corrected chi connectivity index (χ4v) is 2.50. The van der Waals surface area contributed by atoms with Crippen molar-refractivity contribution in [3.05, 3.63) is 54.0 Å². The average Bonchev–Trinajstić information content (AvgIpc) is 3.43. The fourth-order valence-electron chi connectivity index (χ4n) is 2.50. The SMILES string of the molecule is O=C(COC(=O)c1ccc(OC[C@H]2CCCO2)cc1)NNC(=O)c1ccco1. The van der Waals surface area contributed by atoms with Gasteiger partial charge in [-0.15, -0.1) is 0 Å². The molecule has 9 heteroatoms. The first-order chi connectivity index (χ1) is 13.6. The van der Waals surface area contributed by atoms with Gasteiger partial charge in [0, 0.05) is 6.61 Å². The molecule has 0 radical (unpaired) electrons. The van der Waals surface area contributed by atoms with Gasteiger partial charge in [-0.05, 0) is 49.2 Å². The van der Waals surface area contributed by atoms with Crippen LogP contribution in [0.4, 0.5) is 0 Å². The lowest BCUT2D eigenvalue weighted by Gasteiger charge is -2.11. The van der Waals surface area contributed by atoms with E-state index in [0.717, 1.165) is 19.4 Å². The molecule has 1 aliphatic rings. The van der Waals surface area contributed by atoms with Gasteiger partial charge in [-0.1, -0.05) is 0 Å². The van der Waals surface area contributed by atoms with E-state index < -0.39 is 24.4 Å². The van der Waals surface area contributed by atoms with Crippen LogP contribution in [0.5, 0.6) is 5.75 Å². The maximum atomic E-state index is 12.0. The van der Waals surface area contributed by atoms with Crippen LogP contribution < -0.4 is 15.6 Å². The summed E-state index contributed by atoms with van der Waals surface area (Å²) in [5, 5.41) is 0. The first-order valence-electron chi connectivity index (χ1n) is 8.76. The van der Waals surface area contributed by atoms with Crippen molar-refractivity contribution in [3.8, 4) is 5.75 Å². The number of hydrogen-bond acceptors (Lipinski definition) is 7. The summed E-state index contributed by atoms with van der Waals surface area (Å²) >= 11 is 0. The molecule has 1 aromatic carbocycles. The lowest BCUT2D eigenvalue weighted by molar-refractivity contribution is -0.125. The highest BCUT2D eigenvalue weighted by atomic mass is 16.5. The Morgan fingerprint density at radius 1 is 1.11 bits per heavy atom. The minimum absolute atomic E-state index is 0.0408. The Hall–Kier alpha value is -3.33. The highest BCUT2D eigenvalue weighted by Crippen LogP contribution is 2.17. The van der Waals surface area contributed by atoms with Gasteiger partial charge in [-0.3, -0.25) is 20.4 Å². The zero-order valence-corrected chi connectivity index (χ0v) is 15.0. The van der Waals surface area contributed by atoms with Crippen LogP contribution in [-0.4, -0.2) is 43.7 Å². The second kappa shape index (κ2) is 9.56. The van der Waals surface area contributed by atoms with E-state index in [1.807, 2.05) is 0 Å². The summed E-state index contributed by atoms with van der Waals surface area (Å²) in [6.07, 6.45) is 3.46. The zero-order valence-electron chi connectivity index (χ0n) is 15.0. The lowest BCUT2D eigenvalue weighted by Crippen LogP contribution is -2.43. The van der Waals surface area contributed by atoms with E-state index in [-0.39, 0.29) is 17.4 Å². The van der Waals surface area contributed by atoms with Crippen molar-refractivity contribution in [2.75, 3.05) is 19.8 Å². The molecule has 0 unspecified atom stereocenters. The summed E-state index contributed by atoms with van der Waals surface area (Å²) in [4.78, 5) is 35.2. The van der Waals surface area contributed by atoms with E-state index in [1.165, 1.54) is 18.4 Å². The quantitative estimate of drug-likeness (QED) is 0.545. The van der Waals surface area contributed by atoms with Crippen LogP contribution >= 0.6 is 0 Å². The molecule has 1 aliphatic heterocycles. The third-order valence-electron chi connectivity index (χ3n) is 3.94. The van der Waals surface area contributed by atoms with Gasteiger partial charge in [0.25, 0.3) is 5.91 Å². The largest absolute Gasteiger partial charge is 0.491 e. The third kappa shape index (κ3) is 5.58. The summed E-state index contributed by atoms with van der Waals surface area (Å²) in [6.45, 7) is 0.682. The van der Waals surface area contributed by atoms with Crippen molar-refractivity contribution in [2.24, 2.45) is 0 Å². The van der Waals surface area contributed by atoms with E-state index in [0.29, 0.717) is 12.4 Å². The van der Waals surface area contributed by atoms with Crippen LogP contribution in [0, 0.1) is 0 Å². The summed E-state index contributed by atoms with van der Waals surface area (Å²) < 4.78 is 20.9. The smallest absolute Gasteiger partial charge is 0.338 e. The van der Waals surface area contributed by atoms with Crippen molar-refractivity contribution < 1.29 is 33.0 Å². The maximum Gasteiger partial charge on any atom is 0.338 e. The molecule has 0 saturated carbocycles. The van der Waals surface area contributed by atoms with Crippen LogP contribution in [0.25, 0.3) is 0 Å². The van der Waals surface area contributed by atoms with E-state index in [4.69, 9.17) is 18.6 Å². The van der Waals surface area contributed by atoms with Crippen molar-refractivity contribution in [2.45, 2.75) is 18.9 Å². The van der Waals surface area contributed by atoms with Gasteiger partial charge >= 0.3 is 11.9 Å². The lowest BCUT2D eigenvalue weighted by atomic mass is 10.2. The summed E-state index contributed by atoms with van der Waals surface area (Å²) in [5.41, 5.74) is 4.54. The predicted octanol–water partition coefficient (Wildman–Crippen LogP) is 1.46. The molecule has 2 aromatic rings. The van der Waals surface area contributed by atoms with Crippen LogP contribution in [-0.2, 0) is 14.3 Å². The third-order valence-corrected chi connectivity index (χ3v) is 3.94. The van der Waals surface area contributed by atoms with Gasteiger partial charge in [0.05, 0.1) is 17.9 Å². The van der Waals surface area contributed by atoms with Gasteiger partial charge in [-0.25, -0.2) is 4.79 Å². The van der Waals surface area contributed by atoms with Gasteiger partial charge in [0.1, 0.15) is 12.4 Å². The Kier molecular flexibility index (Phi) is 6.64. The monoisotopic (exact) mass is 388 g/mol. The van der Waals surface area contributed by atoms with Gasteiger partial charge < -0.3 is 18.6 Å². The molecule has 0 aliphatic carbocycles. The zero-order chi connectivity index (χ0) is 19.8. The van der Waals surface area contributed by atoms with Crippen LogP contribution in [0.3, 0.4) is 0 Å².